The number of aliphatic hydroxyl groups excluding tert-OH is 3. The van der Waals surface area contributed by atoms with Gasteiger partial charge >= 0.3 is 41.1 Å². The van der Waals surface area contributed by atoms with Gasteiger partial charge in [0.1, 0.15) is 92.0 Å². The number of ether oxygens (including phenoxy) is 6. The third-order valence-electron chi connectivity index (χ3n) is 19.6. The van der Waals surface area contributed by atoms with Gasteiger partial charge in [-0.05, 0) is 124 Å². The van der Waals surface area contributed by atoms with E-state index >= 15 is 26.5 Å². The Balaban J connectivity index is 0.699. The number of aromatic amines is 3. The predicted octanol–water partition coefficient (Wildman–Crippen LogP) is 7.86. The number of fused-ring (bicyclic) bond motifs is 3. The summed E-state index contributed by atoms with van der Waals surface area (Å²) in [6, 6.07) is 21.0. The number of nitrogens with zero attached hydrogens (tertiary/aromatic N) is 6. The molecule has 23 atom stereocenters. The van der Waals surface area contributed by atoms with Gasteiger partial charge in [-0.25, -0.2) is 40.0 Å². The van der Waals surface area contributed by atoms with Crippen molar-refractivity contribution < 1.29 is 125 Å². The summed E-state index contributed by atoms with van der Waals surface area (Å²) in [7, 11) is -14.7. The molecule has 39 nitrogen and oxygen atoms in total. The smallest absolute Gasteiger partial charge is 0.459 e. The Morgan fingerprint density at radius 1 is 0.463 bits per heavy atom. The fourth-order valence-corrected chi connectivity index (χ4v) is 18.8. The van der Waals surface area contributed by atoms with Gasteiger partial charge in [-0.2, -0.15) is 30.2 Å². The molecule has 656 valence electrons. The van der Waals surface area contributed by atoms with Crippen molar-refractivity contribution in [3.8, 4) is 17.2 Å². The largest absolute Gasteiger partial charge is 0.462 e. The van der Waals surface area contributed by atoms with Gasteiger partial charge in [0, 0.05) is 18.6 Å². The SMILES string of the molecule is CC(C)OC(=O)[C@H](C)NP(=O)(Oc1ccccc1)O[C@@H](C)[C@H]1O[C@@H](n2ccc3c(=O)[nH]c(NC(C)OC(=O)[C@H](C)N[P@@](=O)(Oc4ccccc4)O[C@@H](C)[C@H]4O[C@@H](n5ccc6c(=O)[nH]c(NC(C)OC(=O)[C@H](C)N[P@](=O)(Oc7ccccc7)O[C@@H](C)[C@H]7O[C@@H](n8ccc9c(=O)[nH]c(N)nc98)[C@@](F)(CF)C7O)nc65)[C@@](F)(CF)C4O)nc32)[C@@](F)(CF)C1O. The van der Waals surface area contributed by atoms with Crippen LogP contribution in [-0.4, -0.2) is 205 Å². The van der Waals surface area contributed by atoms with Crippen molar-refractivity contribution >= 4 is 92.1 Å². The van der Waals surface area contributed by atoms with E-state index in [1.165, 1.54) is 114 Å². The normalized spacial score (nSPS) is 26.5. The number of hydrogen-bond acceptors (Lipinski definition) is 30. The van der Waals surface area contributed by atoms with Gasteiger partial charge < -0.3 is 87.4 Å². The highest BCUT2D eigenvalue weighted by Crippen LogP contribution is 2.55. The quantitative estimate of drug-likeness (QED) is 0.00579. The van der Waals surface area contributed by atoms with Gasteiger partial charge in [0.05, 0.1) is 40.6 Å². The van der Waals surface area contributed by atoms with Crippen LogP contribution in [0.15, 0.2) is 142 Å². The summed E-state index contributed by atoms with van der Waals surface area (Å²) >= 11 is 0. The second-order valence-electron chi connectivity index (χ2n) is 29.2. The number of para-hydroxylation sites is 3. The molecule has 0 bridgehead atoms. The summed E-state index contributed by atoms with van der Waals surface area (Å²) < 4.78 is 213. The van der Waals surface area contributed by atoms with Crippen LogP contribution in [0.1, 0.15) is 87.9 Å². The zero-order valence-corrected chi connectivity index (χ0v) is 68.6. The summed E-state index contributed by atoms with van der Waals surface area (Å²) in [5.74, 6) is -4.76. The zero-order valence-electron chi connectivity index (χ0n) is 65.9. The summed E-state index contributed by atoms with van der Waals surface area (Å²) in [6.07, 6.45) is -24.4. The van der Waals surface area contributed by atoms with Crippen molar-refractivity contribution in [3.05, 3.63) is 159 Å². The van der Waals surface area contributed by atoms with Gasteiger partial charge in [-0.1, -0.05) is 54.6 Å². The van der Waals surface area contributed by atoms with Crippen LogP contribution >= 0.6 is 23.2 Å². The molecule has 0 aliphatic carbocycles. The minimum absolute atomic E-state index is 0.0000406. The highest BCUT2D eigenvalue weighted by Gasteiger charge is 2.64. The molecular weight excluding hydrogens is 1680 g/mol. The number of anilines is 3. The van der Waals surface area contributed by atoms with Crippen molar-refractivity contribution in [2.24, 2.45) is 0 Å². The number of carbonyl (C=O) groups is 3. The fraction of sp³-hybridized carbons (Fsp3) is 0.466. The number of benzene rings is 3. The van der Waals surface area contributed by atoms with Crippen LogP contribution in [0.2, 0.25) is 0 Å². The Kier molecular flexibility index (Phi) is 26.9. The number of rotatable bonds is 37. The van der Waals surface area contributed by atoms with Gasteiger partial charge in [-0.3, -0.25) is 57.3 Å². The van der Waals surface area contributed by atoms with E-state index in [9.17, 15) is 57.6 Å². The monoisotopic (exact) mass is 1770 g/mol. The molecule has 6 aromatic heterocycles. The molecule has 3 aliphatic rings. The summed E-state index contributed by atoms with van der Waals surface area (Å²) in [5, 5.41) is 46.6. The van der Waals surface area contributed by atoms with E-state index in [1.807, 2.05) is 0 Å². The number of aromatic nitrogens is 9. The van der Waals surface area contributed by atoms with Crippen molar-refractivity contribution in [1.82, 2.24) is 58.9 Å². The molecule has 3 aliphatic heterocycles. The standard InChI is InChI=1S/C73H88F6N15O24P3/c1-35(2)107-62(101)36(3)89-119(104,116-44-20-14-11-15-21-44)113-40(7)51-54(96)72(78,33-75)66(111-51)93-30-27-48-57(93)84-69(87-60(48)99)82-43(10)109-64(103)38(5)91-121(106,118-46-24-18-13-19-25-46)115-41(8)52-55(97)73(79,34-76)67(112-52)94-31-28-49-58(94)85-70(88-61(49)100)81-42(9)108-63(102)37(4)90-120(105,117-45-22-16-12-17-23-45)114-39(6)50-53(95)71(77,32-74)65(110-50)92-29-26-47-56(92)83-68(80)86-59(47)98/h11-31,35-43,50-55,65-67,95-97H,32-34H2,1-10H3,(H,89,104)(H,90,105)(H,91,106)(H3,80,83,86,98)(H2,81,85,88,100)(H2,82,84,87,99)/t36-,37-,38-,39-,40-,41-,42?,43?,50+,51+,52+,53?,54?,55?,65+,66+,67+,71+,72+,73+,119?,120+,121-/m0/s1. The number of nitrogens with one attached hydrogen (secondary N) is 8. The second-order valence-corrected chi connectivity index (χ2v) is 34.1. The minimum Gasteiger partial charge on any atom is -0.462 e. The van der Waals surface area contributed by atoms with E-state index in [0.717, 1.165) is 52.2 Å². The van der Waals surface area contributed by atoms with E-state index in [1.54, 1.807) is 44.2 Å². The van der Waals surface area contributed by atoms with Crippen molar-refractivity contribution in [1.29, 1.82) is 0 Å². The summed E-state index contributed by atoms with van der Waals surface area (Å²) in [6.45, 7) is 7.13. The molecule has 13 N–H and O–H groups in total. The number of nitrogens with two attached hydrogens (primary N) is 1. The average Bonchev–Trinajstić information content (AvgIpc) is 1.59. The Bertz CT molecular complexity index is 5560. The summed E-state index contributed by atoms with van der Waals surface area (Å²) in [4.78, 5) is 101. The maximum absolute atomic E-state index is 17.4. The Hall–Kier alpha value is -10.1. The molecule has 3 saturated heterocycles. The highest BCUT2D eigenvalue weighted by molar-refractivity contribution is 7.52. The first kappa shape index (κ1) is 90.2. The average molecular weight is 1770 g/mol. The molecule has 9 heterocycles. The molecule has 121 heavy (non-hydrogen) atoms. The Morgan fingerprint density at radius 2 is 0.744 bits per heavy atom. The zero-order chi connectivity index (χ0) is 87.8. The van der Waals surface area contributed by atoms with E-state index in [2.05, 4.69) is 55.8 Å². The number of halogens is 6. The van der Waals surface area contributed by atoms with Crippen molar-refractivity contribution in [2.45, 2.75) is 197 Å². The topological polar surface area (TPSA) is 512 Å². The van der Waals surface area contributed by atoms with Crippen LogP contribution in [-0.2, 0) is 70.1 Å². The van der Waals surface area contributed by atoms with Gasteiger partial charge in [0.15, 0.2) is 48.1 Å². The van der Waals surface area contributed by atoms with Crippen molar-refractivity contribution in [3.63, 3.8) is 0 Å². The van der Waals surface area contributed by atoms with E-state index < -0.39 is 223 Å². The minimum atomic E-state index is -5.04. The lowest BCUT2D eigenvalue weighted by atomic mass is 9.95. The number of nitrogen functional groups attached to an aromatic ring is 1. The molecule has 48 heteroatoms. The first-order valence-corrected chi connectivity index (χ1v) is 42.2. The lowest BCUT2D eigenvalue weighted by molar-refractivity contribution is -0.149. The molecule has 12 rings (SSSR count). The Labute approximate surface area is 682 Å². The lowest BCUT2D eigenvalue weighted by Gasteiger charge is -2.29. The third kappa shape index (κ3) is 19.1. The second kappa shape index (κ2) is 36.2. The number of esters is 3. The van der Waals surface area contributed by atoms with Crippen LogP contribution < -0.4 is 61.9 Å². The highest BCUT2D eigenvalue weighted by atomic mass is 31.2. The molecule has 3 fully saturated rings. The molecule has 0 spiro atoms. The van der Waals surface area contributed by atoms with Crippen LogP contribution in [0.5, 0.6) is 17.2 Å². The number of carbonyl (C=O) groups excluding carboxylic acids is 3. The number of hydrogen-bond donors (Lipinski definition) is 12. The van der Waals surface area contributed by atoms with Crippen LogP contribution in [0.25, 0.3) is 33.1 Å². The fourth-order valence-electron chi connectivity index (χ4n) is 13.7. The van der Waals surface area contributed by atoms with Crippen molar-refractivity contribution in [2.75, 3.05) is 36.4 Å². The molecule has 6 unspecified atom stereocenters. The third-order valence-corrected chi connectivity index (χ3v) is 24.9. The Morgan fingerprint density at radius 3 is 1.03 bits per heavy atom. The van der Waals surface area contributed by atoms with Crippen LogP contribution in [0, 0.1) is 0 Å². The number of aliphatic hydroxyl groups is 3. The maximum Gasteiger partial charge on any atom is 0.459 e. The molecule has 9 aromatic rings. The predicted molar refractivity (Wildman–Crippen MR) is 418 cm³/mol. The maximum atomic E-state index is 17.4. The molecule has 0 saturated carbocycles. The van der Waals surface area contributed by atoms with E-state index in [0.29, 0.717) is 0 Å². The summed E-state index contributed by atoms with van der Waals surface area (Å²) in [5.41, 5.74) is -7.76. The van der Waals surface area contributed by atoms with Gasteiger partial charge in [-0.15, -0.1) is 0 Å². The molecular formula is C73H88F6N15O24P3. The molecule has 3 aromatic carbocycles. The number of H-pyrrole nitrogens is 3. The van der Waals surface area contributed by atoms with Gasteiger partial charge in [0.25, 0.3) is 16.7 Å². The van der Waals surface area contributed by atoms with Gasteiger partial charge in [0.2, 0.25) is 34.9 Å². The first-order chi connectivity index (χ1) is 57.1. The number of alkyl halides is 6. The van der Waals surface area contributed by atoms with Crippen LogP contribution in [0.4, 0.5) is 44.2 Å². The van der Waals surface area contributed by atoms with E-state index in [4.69, 9.17) is 61.3 Å². The van der Waals surface area contributed by atoms with E-state index in [-0.39, 0.29) is 50.6 Å². The first-order valence-electron chi connectivity index (χ1n) is 37.6. The molecule has 0 amide bonds. The molecule has 0 radical (unpaired) electrons. The van der Waals surface area contributed by atoms with Crippen LogP contribution in [0.3, 0.4) is 0 Å². The lowest BCUT2D eigenvalue weighted by Crippen LogP contribution is -2.47.